The molecule has 2 aromatic rings. The van der Waals surface area contributed by atoms with Crippen LogP contribution >= 0.6 is 11.8 Å². The number of nitrogens with one attached hydrogen (secondary N) is 1. The van der Waals surface area contributed by atoms with E-state index in [1.165, 1.54) is 36.8 Å². The van der Waals surface area contributed by atoms with E-state index >= 15 is 0 Å². The number of aromatic amines is 1. The molecule has 0 amide bonds. The second-order valence-electron chi connectivity index (χ2n) is 11.0. The summed E-state index contributed by atoms with van der Waals surface area (Å²) in [5, 5.41) is 12.2. The van der Waals surface area contributed by atoms with Crippen LogP contribution in [0.3, 0.4) is 0 Å². The van der Waals surface area contributed by atoms with Gasteiger partial charge in [0, 0.05) is 35.5 Å². The fraction of sp³-hybridized carbons (Fsp3) is 0.607. The molecule has 4 nitrogen and oxygen atoms in total. The Morgan fingerprint density at radius 3 is 2.79 bits per heavy atom. The number of phenols is 1. The Bertz CT molecular complexity index is 978. The van der Waals surface area contributed by atoms with E-state index in [1.807, 2.05) is 12.3 Å². The van der Waals surface area contributed by atoms with Crippen molar-refractivity contribution in [3.8, 4) is 11.5 Å². The summed E-state index contributed by atoms with van der Waals surface area (Å²) in [6.45, 7) is 11.3. The Balaban J connectivity index is 1.57. The number of unbranched alkanes of at least 4 members (excludes halogenated alkanes) is 3. The maximum atomic E-state index is 11.3. The van der Waals surface area contributed by atoms with Gasteiger partial charge in [-0.1, -0.05) is 69.9 Å². The van der Waals surface area contributed by atoms with Crippen molar-refractivity contribution in [3.05, 3.63) is 47.3 Å². The van der Waals surface area contributed by atoms with E-state index in [0.29, 0.717) is 11.7 Å². The summed E-state index contributed by atoms with van der Waals surface area (Å²) in [4.78, 5) is 7.52. The zero-order chi connectivity index (χ0) is 23.6. The average molecular weight is 469 g/mol. The van der Waals surface area contributed by atoms with Crippen LogP contribution in [-0.2, 0) is 5.41 Å². The molecule has 2 heterocycles. The fourth-order valence-corrected chi connectivity index (χ4v) is 6.45. The van der Waals surface area contributed by atoms with Gasteiger partial charge in [0.25, 0.3) is 0 Å². The lowest BCUT2D eigenvalue weighted by atomic mass is 9.66. The van der Waals surface area contributed by atoms with Gasteiger partial charge in [0.15, 0.2) is 5.16 Å². The molecule has 0 unspecified atom stereocenters. The second kappa shape index (κ2) is 9.77. The molecule has 2 atom stereocenters. The van der Waals surface area contributed by atoms with Gasteiger partial charge in [-0.05, 0) is 56.2 Å². The van der Waals surface area contributed by atoms with Crippen LogP contribution in [-0.4, -0.2) is 26.4 Å². The van der Waals surface area contributed by atoms with E-state index in [4.69, 9.17) is 4.74 Å². The first-order valence-electron chi connectivity index (χ1n) is 12.6. The minimum atomic E-state index is -0.260. The highest BCUT2D eigenvalue weighted by molar-refractivity contribution is 7.99. The maximum Gasteiger partial charge on any atom is 0.165 e. The standard InChI is InChI=1S/C28H40N2O2S/c1-6-7-8-9-12-27(2,3)20-16-23(31)25-21-15-19(18-33-26-29-13-14-30-26)10-11-22(21)28(4,5)32-24(25)17-20/h10,13-14,16-17,21-22,31H,6-9,11-12,15,18H2,1-5H3,(H,29,30)/t21-,22-/m1/s1. The molecule has 0 bridgehead atoms. The molecule has 0 saturated heterocycles. The number of nitrogens with zero attached hydrogens (tertiary/aromatic N) is 1. The van der Waals surface area contributed by atoms with Crippen LogP contribution in [0.1, 0.15) is 96.6 Å². The number of thioether (sulfide) groups is 1. The molecule has 0 fully saturated rings. The van der Waals surface area contributed by atoms with Crippen molar-refractivity contribution >= 4 is 11.8 Å². The van der Waals surface area contributed by atoms with Crippen molar-refractivity contribution < 1.29 is 9.84 Å². The number of aromatic nitrogens is 2. The molecule has 5 heteroatoms. The van der Waals surface area contributed by atoms with Gasteiger partial charge in [0.05, 0.1) is 0 Å². The number of H-pyrrole nitrogens is 1. The summed E-state index contributed by atoms with van der Waals surface area (Å²) in [5.41, 5.74) is 3.38. The van der Waals surface area contributed by atoms with Crippen LogP contribution < -0.4 is 4.74 Å². The Morgan fingerprint density at radius 1 is 1.24 bits per heavy atom. The summed E-state index contributed by atoms with van der Waals surface area (Å²) in [7, 11) is 0. The number of hydrogen-bond acceptors (Lipinski definition) is 4. The summed E-state index contributed by atoms with van der Waals surface area (Å²) in [6.07, 6.45) is 14.2. The molecule has 33 heavy (non-hydrogen) atoms. The molecule has 0 saturated carbocycles. The SMILES string of the molecule is CCCCCCC(C)(C)c1cc(O)c2c(c1)OC(C)(C)[C@@H]1CC=C(CSc3ncc[nH]3)C[C@@H]21. The molecule has 1 aromatic carbocycles. The first-order chi connectivity index (χ1) is 15.7. The Morgan fingerprint density at radius 2 is 2.06 bits per heavy atom. The molecule has 4 rings (SSSR count). The zero-order valence-corrected chi connectivity index (χ0v) is 21.7. The van der Waals surface area contributed by atoms with E-state index in [-0.39, 0.29) is 16.9 Å². The molecule has 0 spiro atoms. The van der Waals surface area contributed by atoms with Crippen molar-refractivity contribution in [2.24, 2.45) is 5.92 Å². The lowest BCUT2D eigenvalue weighted by Gasteiger charge is -2.47. The number of aromatic hydroxyl groups is 1. The van der Waals surface area contributed by atoms with Gasteiger partial charge < -0.3 is 14.8 Å². The quantitative estimate of drug-likeness (QED) is 0.224. The van der Waals surface area contributed by atoms with Crippen LogP contribution in [0.25, 0.3) is 0 Å². The Labute approximate surface area is 203 Å². The predicted molar refractivity (Wildman–Crippen MR) is 137 cm³/mol. The summed E-state index contributed by atoms with van der Waals surface area (Å²) in [5.74, 6) is 2.87. The van der Waals surface area contributed by atoms with E-state index in [0.717, 1.165) is 41.5 Å². The fourth-order valence-electron chi connectivity index (χ4n) is 5.60. The maximum absolute atomic E-state index is 11.3. The number of hydrogen-bond donors (Lipinski definition) is 2. The van der Waals surface area contributed by atoms with E-state index in [2.05, 4.69) is 56.7 Å². The lowest BCUT2D eigenvalue weighted by Crippen LogP contribution is -2.45. The molecule has 0 radical (unpaired) electrons. The summed E-state index contributed by atoms with van der Waals surface area (Å²) < 4.78 is 6.59. The number of phenolic OH excluding ortho intramolecular Hbond substituents is 1. The van der Waals surface area contributed by atoms with Crippen LogP contribution in [0.4, 0.5) is 0 Å². The molecular weight excluding hydrogens is 428 g/mol. The number of benzene rings is 1. The van der Waals surface area contributed by atoms with Gasteiger partial charge in [-0.25, -0.2) is 4.98 Å². The molecule has 2 N–H and O–H groups in total. The van der Waals surface area contributed by atoms with Gasteiger partial charge in [0.1, 0.15) is 17.1 Å². The number of fused-ring (bicyclic) bond motifs is 3. The third-order valence-corrected chi connectivity index (χ3v) is 8.70. The minimum Gasteiger partial charge on any atom is -0.508 e. The van der Waals surface area contributed by atoms with Crippen LogP contribution in [0.5, 0.6) is 11.5 Å². The number of ether oxygens (including phenoxy) is 1. The van der Waals surface area contributed by atoms with Gasteiger partial charge in [-0.2, -0.15) is 0 Å². The number of allylic oxidation sites excluding steroid dienone is 1. The Hall–Kier alpha value is -1.88. The van der Waals surface area contributed by atoms with Gasteiger partial charge in [-0.15, -0.1) is 0 Å². The zero-order valence-electron chi connectivity index (χ0n) is 20.9. The van der Waals surface area contributed by atoms with E-state index < -0.39 is 0 Å². The topological polar surface area (TPSA) is 58.1 Å². The van der Waals surface area contributed by atoms with Crippen molar-refractivity contribution in [2.75, 3.05) is 5.75 Å². The molecule has 1 aliphatic heterocycles. The number of rotatable bonds is 9. The second-order valence-corrected chi connectivity index (χ2v) is 12.0. The van der Waals surface area contributed by atoms with Gasteiger partial charge in [0.2, 0.25) is 0 Å². The number of imidazole rings is 1. The third kappa shape index (κ3) is 5.29. The molecule has 2 aliphatic rings. The lowest BCUT2D eigenvalue weighted by molar-refractivity contribution is 0.00745. The van der Waals surface area contributed by atoms with E-state index in [1.54, 1.807) is 18.0 Å². The average Bonchev–Trinajstić information content (AvgIpc) is 3.28. The van der Waals surface area contributed by atoms with Crippen molar-refractivity contribution in [1.29, 1.82) is 0 Å². The molecule has 180 valence electrons. The normalized spacial score (nSPS) is 21.7. The van der Waals surface area contributed by atoms with Crippen LogP contribution in [0.15, 0.2) is 41.3 Å². The summed E-state index contributed by atoms with van der Waals surface area (Å²) in [6, 6.07) is 4.25. The smallest absolute Gasteiger partial charge is 0.165 e. The van der Waals surface area contributed by atoms with Gasteiger partial charge in [-0.3, -0.25) is 0 Å². The van der Waals surface area contributed by atoms with Crippen molar-refractivity contribution in [3.63, 3.8) is 0 Å². The first kappa shape index (κ1) is 24.3. The highest BCUT2D eigenvalue weighted by Gasteiger charge is 2.46. The van der Waals surface area contributed by atoms with Gasteiger partial charge >= 0.3 is 0 Å². The Kier molecular flexibility index (Phi) is 7.18. The molecular formula is C28H40N2O2S. The van der Waals surface area contributed by atoms with Crippen molar-refractivity contribution in [2.45, 2.75) is 102 Å². The summed E-state index contributed by atoms with van der Waals surface area (Å²) >= 11 is 1.75. The minimum absolute atomic E-state index is 0.0158. The predicted octanol–water partition coefficient (Wildman–Crippen LogP) is 7.75. The van der Waals surface area contributed by atoms with Crippen LogP contribution in [0.2, 0.25) is 0 Å². The highest BCUT2D eigenvalue weighted by Crippen LogP contribution is 2.55. The highest BCUT2D eigenvalue weighted by atomic mass is 32.2. The van der Waals surface area contributed by atoms with E-state index in [9.17, 15) is 5.11 Å². The monoisotopic (exact) mass is 468 g/mol. The largest absolute Gasteiger partial charge is 0.508 e. The molecule has 1 aliphatic carbocycles. The third-order valence-electron chi connectivity index (χ3n) is 7.69. The van der Waals surface area contributed by atoms with Crippen molar-refractivity contribution in [1.82, 2.24) is 9.97 Å². The van der Waals surface area contributed by atoms with Crippen LogP contribution in [0, 0.1) is 5.92 Å². The molecule has 1 aromatic heterocycles. The first-order valence-corrected chi connectivity index (χ1v) is 13.6.